The van der Waals surface area contributed by atoms with Crippen molar-refractivity contribution in [2.45, 2.75) is 55.6 Å². The predicted octanol–water partition coefficient (Wildman–Crippen LogP) is 4.80. The molecule has 1 saturated heterocycles. The van der Waals surface area contributed by atoms with Gasteiger partial charge in [0.05, 0.1) is 0 Å². The van der Waals surface area contributed by atoms with E-state index in [2.05, 4.69) is 18.2 Å². The summed E-state index contributed by atoms with van der Waals surface area (Å²) in [7, 11) is -0.960. The number of hydrogen-bond donors (Lipinski definition) is 0. The van der Waals surface area contributed by atoms with Gasteiger partial charge in [0.1, 0.15) is 18.0 Å². The molecule has 2 aromatic rings. The average Bonchev–Trinajstić information content (AvgIpc) is 3.19. The second kappa shape index (κ2) is 8.65. The molecule has 1 saturated carbocycles. The van der Waals surface area contributed by atoms with E-state index < -0.39 is 10.8 Å². The van der Waals surface area contributed by atoms with Gasteiger partial charge in [-0.15, -0.1) is 0 Å². The first-order valence-electron chi connectivity index (χ1n) is 11.3. The van der Waals surface area contributed by atoms with E-state index >= 15 is 0 Å². The molecule has 2 atom stereocenters. The zero-order valence-electron chi connectivity index (χ0n) is 17.9. The zero-order chi connectivity index (χ0) is 21.4. The quantitative estimate of drug-likeness (QED) is 0.687. The lowest BCUT2D eigenvalue weighted by atomic mass is 9.88. The minimum Gasteiger partial charge on any atom is -0.490 e. The van der Waals surface area contributed by atoms with Crippen LogP contribution in [-0.4, -0.2) is 46.8 Å². The lowest BCUT2D eigenvalue weighted by Crippen LogP contribution is -2.44. The Labute approximate surface area is 186 Å². The fraction of sp³-hybridized carbons (Fsp3) is 0.480. The Hall–Kier alpha value is -2.34. The van der Waals surface area contributed by atoms with Crippen molar-refractivity contribution >= 4 is 16.9 Å². The molecule has 0 spiro atoms. The zero-order valence-corrected chi connectivity index (χ0v) is 18.7. The van der Waals surface area contributed by atoms with Crippen LogP contribution < -0.4 is 4.74 Å². The molecule has 31 heavy (non-hydrogen) atoms. The number of ether oxygens (including phenoxy) is 2. The maximum atomic E-state index is 12.3. The van der Waals surface area contributed by atoms with E-state index in [-0.39, 0.29) is 18.3 Å². The van der Waals surface area contributed by atoms with E-state index in [4.69, 9.17) is 9.47 Å². The lowest BCUT2D eigenvalue weighted by Gasteiger charge is -2.35. The van der Waals surface area contributed by atoms with Crippen molar-refractivity contribution in [3.8, 4) is 16.9 Å². The molecule has 2 aromatic carbocycles. The minimum atomic E-state index is -0.960. The van der Waals surface area contributed by atoms with Crippen LogP contribution in [0, 0.1) is 5.92 Å². The van der Waals surface area contributed by atoms with E-state index in [1.54, 1.807) is 6.26 Å². The minimum absolute atomic E-state index is 0.138. The third-order valence-electron chi connectivity index (χ3n) is 6.92. The van der Waals surface area contributed by atoms with Gasteiger partial charge in [-0.05, 0) is 79.0 Å². The highest BCUT2D eigenvalue weighted by Crippen LogP contribution is 2.38. The molecule has 164 valence electrons. The van der Waals surface area contributed by atoms with Crippen molar-refractivity contribution < 1.29 is 18.5 Å². The number of nitrogens with zero attached hydrogens (tertiary/aromatic N) is 1. The van der Waals surface area contributed by atoms with E-state index in [1.807, 2.05) is 29.2 Å². The molecule has 0 aromatic heterocycles. The number of carbonyl (C=O) groups excluding carboxylic acids is 1. The van der Waals surface area contributed by atoms with Crippen molar-refractivity contribution in [1.82, 2.24) is 4.90 Å². The van der Waals surface area contributed by atoms with Crippen molar-refractivity contribution in [2.24, 2.45) is 5.92 Å². The third kappa shape index (κ3) is 4.36. The average molecular weight is 440 g/mol. The molecule has 2 heterocycles. The molecule has 2 fully saturated rings. The molecule has 5 nitrogen and oxygen atoms in total. The molecular weight excluding hydrogens is 410 g/mol. The van der Waals surface area contributed by atoms with Crippen LogP contribution in [0.5, 0.6) is 5.75 Å². The van der Waals surface area contributed by atoms with Gasteiger partial charge < -0.3 is 14.4 Å². The molecule has 3 aliphatic rings. The maximum Gasteiger partial charge on any atom is 0.410 e. The highest BCUT2D eigenvalue weighted by atomic mass is 32.2. The molecule has 2 unspecified atom stereocenters. The number of hydrogen-bond acceptors (Lipinski definition) is 4. The summed E-state index contributed by atoms with van der Waals surface area (Å²) in [5.74, 6) is 1.44. The van der Waals surface area contributed by atoms with E-state index in [0.717, 1.165) is 67.0 Å². The number of amides is 1. The number of benzene rings is 2. The van der Waals surface area contributed by atoms with Crippen LogP contribution in [0.2, 0.25) is 0 Å². The first-order valence-corrected chi connectivity index (χ1v) is 12.8. The second-order valence-corrected chi connectivity index (χ2v) is 10.3. The molecule has 5 rings (SSSR count). The van der Waals surface area contributed by atoms with E-state index in [9.17, 15) is 9.00 Å². The van der Waals surface area contributed by atoms with Crippen LogP contribution in [0.15, 0.2) is 47.4 Å². The van der Waals surface area contributed by atoms with Gasteiger partial charge in [-0.25, -0.2) is 4.79 Å². The fourth-order valence-electron chi connectivity index (χ4n) is 4.72. The van der Waals surface area contributed by atoms with Gasteiger partial charge in [0.25, 0.3) is 0 Å². The van der Waals surface area contributed by atoms with Crippen molar-refractivity contribution in [2.75, 3.05) is 19.3 Å². The van der Waals surface area contributed by atoms with Gasteiger partial charge in [-0.2, -0.15) is 0 Å². The number of carbonyl (C=O) groups is 1. The Bertz CT molecular complexity index is 978. The smallest absolute Gasteiger partial charge is 0.410 e. The van der Waals surface area contributed by atoms with Gasteiger partial charge >= 0.3 is 6.09 Å². The molecule has 1 aliphatic carbocycles. The summed E-state index contributed by atoms with van der Waals surface area (Å²) in [6, 6.07) is 14.3. The fourth-order valence-corrected chi connectivity index (χ4v) is 5.24. The summed E-state index contributed by atoms with van der Waals surface area (Å²) in [6.07, 6.45) is 7.92. The Morgan fingerprint density at radius 1 is 1.03 bits per heavy atom. The Morgan fingerprint density at radius 2 is 1.74 bits per heavy atom. The summed E-state index contributed by atoms with van der Waals surface area (Å²) in [5.41, 5.74) is 3.53. The third-order valence-corrected chi connectivity index (χ3v) is 7.86. The molecule has 0 N–H and O–H groups in total. The van der Waals surface area contributed by atoms with Crippen molar-refractivity contribution in [3.63, 3.8) is 0 Å². The van der Waals surface area contributed by atoms with Gasteiger partial charge in [-0.1, -0.05) is 18.2 Å². The van der Waals surface area contributed by atoms with Gasteiger partial charge in [0.2, 0.25) is 0 Å². The van der Waals surface area contributed by atoms with Gasteiger partial charge in [0, 0.05) is 41.5 Å². The topological polar surface area (TPSA) is 55.8 Å². The predicted molar refractivity (Wildman–Crippen MR) is 121 cm³/mol. The van der Waals surface area contributed by atoms with Crippen LogP contribution in [-0.2, 0) is 22.0 Å². The molecule has 0 bridgehead atoms. The van der Waals surface area contributed by atoms with E-state index in [0.29, 0.717) is 5.92 Å². The SMILES string of the molecule is CS(=O)c1ccc(-c2ccc3c(c2)CC(C2CCN(C(=O)OC4CCC4)CC2)O3)cc1. The maximum absolute atomic E-state index is 12.3. The highest BCUT2D eigenvalue weighted by Gasteiger charge is 2.35. The summed E-state index contributed by atoms with van der Waals surface area (Å²) < 4.78 is 23.5. The first kappa shape index (κ1) is 20.6. The van der Waals surface area contributed by atoms with Crippen LogP contribution >= 0.6 is 0 Å². The second-order valence-electron chi connectivity index (χ2n) is 8.92. The monoisotopic (exact) mass is 439 g/mol. The number of likely N-dealkylation sites (tertiary alicyclic amines) is 1. The summed E-state index contributed by atoms with van der Waals surface area (Å²) in [6.45, 7) is 1.51. The summed E-state index contributed by atoms with van der Waals surface area (Å²) in [4.78, 5) is 15.0. The summed E-state index contributed by atoms with van der Waals surface area (Å²) in [5, 5.41) is 0. The van der Waals surface area contributed by atoms with Gasteiger partial charge in [-0.3, -0.25) is 4.21 Å². The molecule has 6 heteroatoms. The number of rotatable bonds is 4. The summed E-state index contributed by atoms with van der Waals surface area (Å²) >= 11 is 0. The Kier molecular flexibility index (Phi) is 5.74. The Morgan fingerprint density at radius 3 is 2.39 bits per heavy atom. The standard InChI is InChI=1S/C25H29NO4S/c1-31(28)22-8-5-17(6-9-22)19-7-10-23-20(15-19)16-24(30-23)18-11-13-26(14-12-18)25(27)29-21-3-2-4-21/h5-10,15,18,21,24H,2-4,11-14,16H2,1H3. The molecule has 1 amide bonds. The Balaban J connectivity index is 1.19. The van der Waals surface area contributed by atoms with E-state index in [1.165, 1.54) is 12.0 Å². The number of piperidine rings is 1. The number of fused-ring (bicyclic) bond motifs is 1. The first-order chi connectivity index (χ1) is 15.1. The normalized spacial score (nSPS) is 22.4. The van der Waals surface area contributed by atoms with Crippen LogP contribution in [0.3, 0.4) is 0 Å². The lowest BCUT2D eigenvalue weighted by molar-refractivity contribution is 0.0146. The largest absolute Gasteiger partial charge is 0.490 e. The highest BCUT2D eigenvalue weighted by molar-refractivity contribution is 7.84. The van der Waals surface area contributed by atoms with Crippen LogP contribution in [0.4, 0.5) is 4.79 Å². The van der Waals surface area contributed by atoms with Crippen molar-refractivity contribution in [1.29, 1.82) is 0 Å². The molecule has 2 aliphatic heterocycles. The van der Waals surface area contributed by atoms with Crippen LogP contribution in [0.1, 0.15) is 37.7 Å². The van der Waals surface area contributed by atoms with Crippen LogP contribution in [0.25, 0.3) is 11.1 Å². The molecular formula is C25H29NO4S. The molecule has 0 radical (unpaired) electrons. The van der Waals surface area contributed by atoms with Gasteiger partial charge in [0.15, 0.2) is 0 Å². The van der Waals surface area contributed by atoms with Crippen molar-refractivity contribution in [3.05, 3.63) is 48.0 Å².